The molecule has 142 valence electrons. The number of halogens is 1. The Morgan fingerprint density at radius 2 is 1.96 bits per heavy atom. The molecule has 0 spiro atoms. The largest absolute Gasteiger partial charge is 0.496 e. The molecule has 6 heteroatoms. The Balaban J connectivity index is 1.63. The predicted octanol–water partition coefficient (Wildman–Crippen LogP) is 2.85. The van der Waals surface area contributed by atoms with Crippen LogP contribution in [0.1, 0.15) is 49.1 Å². The number of carbonyl (C=O) groups is 2. The molecule has 1 N–H and O–H groups in total. The van der Waals surface area contributed by atoms with E-state index >= 15 is 0 Å². The lowest BCUT2D eigenvalue weighted by molar-refractivity contribution is -0.134. The topological polar surface area (TPSA) is 58.6 Å². The van der Waals surface area contributed by atoms with Crippen LogP contribution in [-0.4, -0.2) is 48.8 Å². The molecule has 2 amide bonds. The van der Waals surface area contributed by atoms with Crippen molar-refractivity contribution in [3.63, 3.8) is 0 Å². The minimum atomic E-state index is -0.116. The highest BCUT2D eigenvalue weighted by atomic mass is 35.5. The van der Waals surface area contributed by atoms with Crippen molar-refractivity contribution in [2.24, 2.45) is 0 Å². The van der Waals surface area contributed by atoms with Crippen molar-refractivity contribution in [1.82, 2.24) is 10.2 Å². The number of aryl methyl sites for hydroxylation is 1. The zero-order chi connectivity index (χ0) is 18.7. The van der Waals surface area contributed by atoms with E-state index in [1.165, 1.54) is 5.56 Å². The van der Waals surface area contributed by atoms with Gasteiger partial charge in [-0.25, -0.2) is 0 Å². The van der Waals surface area contributed by atoms with E-state index in [1.807, 2.05) is 24.1 Å². The third kappa shape index (κ3) is 3.83. The van der Waals surface area contributed by atoms with Crippen molar-refractivity contribution in [2.45, 2.75) is 56.5 Å². The molecule has 2 aliphatic carbocycles. The molecule has 0 saturated heterocycles. The molecule has 0 radical (unpaired) electrons. The third-order valence-corrected chi connectivity index (χ3v) is 6.05. The summed E-state index contributed by atoms with van der Waals surface area (Å²) in [6, 6.07) is 6.43. The summed E-state index contributed by atoms with van der Waals surface area (Å²) in [6.45, 7) is 0. The van der Waals surface area contributed by atoms with Crippen LogP contribution in [0.4, 0.5) is 0 Å². The van der Waals surface area contributed by atoms with Gasteiger partial charge < -0.3 is 15.0 Å². The van der Waals surface area contributed by atoms with Crippen LogP contribution in [0.25, 0.3) is 0 Å². The summed E-state index contributed by atoms with van der Waals surface area (Å²) in [7, 11) is 3.58. The van der Waals surface area contributed by atoms with Gasteiger partial charge in [0, 0.05) is 24.7 Å². The molecule has 1 fully saturated rings. The molecule has 0 aliphatic heterocycles. The Bertz CT molecular complexity index is 671. The summed E-state index contributed by atoms with van der Waals surface area (Å²) < 4.78 is 5.50. The smallest absolute Gasteiger partial charge is 0.235 e. The second-order valence-corrected chi connectivity index (χ2v) is 7.55. The summed E-state index contributed by atoms with van der Waals surface area (Å²) in [5, 5.41) is 2.95. The number of hydrogen-bond donors (Lipinski definition) is 1. The lowest BCUT2D eigenvalue weighted by Crippen LogP contribution is -2.45. The molecule has 1 unspecified atom stereocenters. The number of amides is 2. The normalized spacial score (nSPS) is 24.7. The van der Waals surface area contributed by atoms with E-state index in [-0.39, 0.29) is 35.7 Å². The number of alkyl halides is 1. The minimum absolute atomic E-state index is 0.00123. The standard InChI is InChI=1S/C20H27ClN2O3/c1-23(15-9-7-14(8-10-15)22-18(24)12-21)20(25)16-11-6-13-4-3-5-17(26-2)19(13)16/h3-5,14-16H,6-12H2,1-2H3,(H,22,24). The second-order valence-electron chi connectivity index (χ2n) is 7.28. The van der Waals surface area contributed by atoms with E-state index in [4.69, 9.17) is 16.3 Å². The minimum Gasteiger partial charge on any atom is -0.496 e. The van der Waals surface area contributed by atoms with Crippen LogP contribution < -0.4 is 10.1 Å². The first-order valence-electron chi connectivity index (χ1n) is 9.33. The van der Waals surface area contributed by atoms with Crippen LogP contribution in [0, 0.1) is 0 Å². The number of benzene rings is 1. The van der Waals surface area contributed by atoms with Gasteiger partial charge in [-0.15, -0.1) is 11.6 Å². The Morgan fingerprint density at radius 3 is 2.62 bits per heavy atom. The van der Waals surface area contributed by atoms with Gasteiger partial charge in [-0.05, 0) is 50.2 Å². The van der Waals surface area contributed by atoms with Gasteiger partial charge in [0.1, 0.15) is 11.6 Å². The maximum Gasteiger partial charge on any atom is 0.235 e. The number of nitrogens with one attached hydrogen (secondary N) is 1. The zero-order valence-corrected chi connectivity index (χ0v) is 16.2. The van der Waals surface area contributed by atoms with E-state index < -0.39 is 0 Å². The summed E-state index contributed by atoms with van der Waals surface area (Å²) in [4.78, 5) is 26.5. The predicted molar refractivity (Wildman–Crippen MR) is 102 cm³/mol. The summed E-state index contributed by atoms with van der Waals surface area (Å²) in [5.74, 6) is 0.774. The van der Waals surface area contributed by atoms with Gasteiger partial charge in [0.25, 0.3) is 0 Å². The third-order valence-electron chi connectivity index (χ3n) is 5.80. The molecule has 1 saturated carbocycles. The van der Waals surface area contributed by atoms with Crippen molar-refractivity contribution in [1.29, 1.82) is 0 Å². The van der Waals surface area contributed by atoms with E-state index in [2.05, 4.69) is 11.4 Å². The number of fused-ring (bicyclic) bond motifs is 1. The highest BCUT2D eigenvalue weighted by Crippen LogP contribution is 2.41. The van der Waals surface area contributed by atoms with Crippen molar-refractivity contribution in [2.75, 3.05) is 20.0 Å². The quantitative estimate of drug-likeness (QED) is 0.801. The maximum atomic E-state index is 13.2. The average molecular weight is 379 g/mol. The summed E-state index contributed by atoms with van der Waals surface area (Å²) in [6.07, 6.45) is 5.35. The highest BCUT2D eigenvalue weighted by Gasteiger charge is 2.36. The molecule has 26 heavy (non-hydrogen) atoms. The second kappa shape index (κ2) is 8.30. The monoisotopic (exact) mass is 378 g/mol. The molecule has 0 aromatic heterocycles. The molecule has 0 heterocycles. The van der Waals surface area contributed by atoms with Gasteiger partial charge in [-0.3, -0.25) is 9.59 Å². The van der Waals surface area contributed by atoms with Gasteiger partial charge in [0.15, 0.2) is 0 Å². The fourth-order valence-electron chi connectivity index (χ4n) is 4.37. The lowest BCUT2D eigenvalue weighted by atomic mass is 9.89. The molecular weight excluding hydrogens is 352 g/mol. The van der Waals surface area contributed by atoms with Crippen LogP contribution in [0.5, 0.6) is 5.75 Å². The summed E-state index contributed by atoms with van der Waals surface area (Å²) in [5.41, 5.74) is 2.29. The van der Waals surface area contributed by atoms with Gasteiger partial charge in [0.05, 0.1) is 13.0 Å². The van der Waals surface area contributed by atoms with E-state index in [0.717, 1.165) is 49.8 Å². The number of likely N-dealkylation sites (N-methyl/N-ethyl adjacent to an activating group) is 1. The number of carbonyl (C=O) groups excluding carboxylic acids is 2. The number of rotatable bonds is 5. The molecule has 1 aromatic carbocycles. The van der Waals surface area contributed by atoms with Gasteiger partial charge in [-0.2, -0.15) is 0 Å². The first-order valence-corrected chi connectivity index (χ1v) is 9.86. The highest BCUT2D eigenvalue weighted by molar-refractivity contribution is 6.27. The van der Waals surface area contributed by atoms with Crippen LogP contribution in [0.15, 0.2) is 18.2 Å². The van der Waals surface area contributed by atoms with Crippen molar-refractivity contribution >= 4 is 23.4 Å². The van der Waals surface area contributed by atoms with E-state index in [0.29, 0.717) is 0 Å². The van der Waals surface area contributed by atoms with Crippen LogP contribution >= 0.6 is 11.6 Å². The lowest BCUT2D eigenvalue weighted by Gasteiger charge is -2.36. The first kappa shape index (κ1) is 19.0. The number of methoxy groups -OCH3 is 1. The Kier molecular flexibility index (Phi) is 6.07. The van der Waals surface area contributed by atoms with E-state index in [9.17, 15) is 9.59 Å². The Hall–Kier alpha value is -1.75. The van der Waals surface area contributed by atoms with Crippen LogP contribution in [0.3, 0.4) is 0 Å². The summed E-state index contributed by atoms with van der Waals surface area (Å²) >= 11 is 5.56. The van der Waals surface area contributed by atoms with Crippen molar-refractivity contribution in [3.8, 4) is 5.75 Å². The first-order chi connectivity index (χ1) is 12.5. The number of ether oxygens (including phenoxy) is 1. The SMILES string of the molecule is COc1cccc2c1C(C(=O)N(C)C1CCC(NC(=O)CCl)CC1)CC2. The van der Waals surface area contributed by atoms with Crippen molar-refractivity contribution < 1.29 is 14.3 Å². The molecule has 0 bridgehead atoms. The Labute approximate surface area is 160 Å². The number of nitrogens with zero attached hydrogens (tertiary/aromatic N) is 1. The average Bonchev–Trinajstić information content (AvgIpc) is 3.11. The van der Waals surface area contributed by atoms with Gasteiger partial charge in [0.2, 0.25) is 11.8 Å². The fraction of sp³-hybridized carbons (Fsp3) is 0.600. The van der Waals surface area contributed by atoms with Crippen LogP contribution in [-0.2, 0) is 16.0 Å². The molecule has 2 aliphatic rings. The molecule has 3 rings (SSSR count). The van der Waals surface area contributed by atoms with Crippen LogP contribution in [0.2, 0.25) is 0 Å². The molecule has 5 nitrogen and oxygen atoms in total. The molecular formula is C20H27ClN2O3. The number of hydrogen-bond acceptors (Lipinski definition) is 3. The molecule has 1 aromatic rings. The fourth-order valence-corrected chi connectivity index (χ4v) is 4.45. The Morgan fingerprint density at radius 1 is 1.23 bits per heavy atom. The maximum absolute atomic E-state index is 13.2. The zero-order valence-electron chi connectivity index (χ0n) is 15.5. The van der Waals surface area contributed by atoms with Crippen molar-refractivity contribution in [3.05, 3.63) is 29.3 Å². The van der Waals surface area contributed by atoms with Gasteiger partial charge >= 0.3 is 0 Å². The van der Waals surface area contributed by atoms with Gasteiger partial charge in [-0.1, -0.05) is 12.1 Å². The molecule has 1 atom stereocenters. The van der Waals surface area contributed by atoms with E-state index in [1.54, 1.807) is 7.11 Å².